The molecule has 3 heteroatoms. The van der Waals surface area contributed by atoms with Crippen LogP contribution in [0.15, 0.2) is 0 Å². The van der Waals surface area contributed by atoms with Crippen LogP contribution in [0.3, 0.4) is 0 Å². The predicted octanol–water partition coefficient (Wildman–Crippen LogP) is 0.955. The maximum atomic E-state index is 11.1. The van der Waals surface area contributed by atoms with Gasteiger partial charge in [-0.15, -0.1) is 0 Å². The molecule has 1 N–H and O–H groups in total. The second-order valence-corrected chi connectivity index (χ2v) is 4.28. The highest BCUT2D eigenvalue weighted by atomic mass is 16.6. The number of carbonyl (C=O) groups excluding carboxylic acids is 1. The van der Waals surface area contributed by atoms with E-state index in [-0.39, 0.29) is 12.0 Å². The van der Waals surface area contributed by atoms with Crippen LogP contribution in [0.25, 0.3) is 0 Å². The van der Waals surface area contributed by atoms with E-state index < -0.39 is 12.1 Å². The van der Waals surface area contributed by atoms with E-state index in [0.29, 0.717) is 11.8 Å². The maximum Gasteiger partial charge on any atom is 0.335 e. The molecule has 2 fully saturated rings. The first kappa shape index (κ1) is 9.00. The third-order valence-electron chi connectivity index (χ3n) is 3.60. The molecule has 2 rings (SSSR count). The van der Waals surface area contributed by atoms with Gasteiger partial charge in [-0.2, -0.15) is 0 Å². The van der Waals surface area contributed by atoms with Crippen LogP contribution in [0.1, 0.15) is 26.7 Å². The quantitative estimate of drug-likeness (QED) is 0.617. The van der Waals surface area contributed by atoms with Gasteiger partial charge in [0, 0.05) is 5.92 Å². The Morgan fingerprint density at radius 2 is 2.31 bits per heavy atom. The van der Waals surface area contributed by atoms with Gasteiger partial charge >= 0.3 is 5.97 Å². The minimum absolute atomic E-state index is 0.0116. The highest BCUT2D eigenvalue weighted by molar-refractivity contribution is 5.77. The van der Waals surface area contributed by atoms with Crippen molar-refractivity contribution in [1.82, 2.24) is 0 Å². The van der Waals surface area contributed by atoms with E-state index in [0.717, 1.165) is 12.8 Å². The lowest BCUT2D eigenvalue weighted by Gasteiger charge is -2.19. The van der Waals surface area contributed by atoms with Crippen LogP contribution in [0, 0.1) is 17.8 Å². The molecule has 1 saturated heterocycles. The molecule has 1 aliphatic carbocycles. The molecule has 1 heterocycles. The van der Waals surface area contributed by atoms with Gasteiger partial charge in [-0.05, 0) is 18.3 Å². The van der Waals surface area contributed by atoms with Crippen molar-refractivity contribution in [2.75, 3.05) is 0 Å². The molecule has 3 nitrogen and oxygen atoms in total. The van der Waals surface area contributed by atoms with E-state index in [1.165, 1.54) is 0 Å². The Bertz CT molecular complexity index is 226. The van der Waals surface area contributed by atoms with E-state index in [2.05, 4.69) is 13.8 Å². The van der Waals surface area contributed by atoms with Gasteiger partial charge in [-0.1, -0.05) is 20.3 Å². The summed E-state index contributed by atoms with van der Waals surface area (Å²) in [6.45, 7) is 4.28. The van der Waals surface area contributed by atoms with Crippen molar-refractivity contribution >= 4 is 5.97 Å². The number of fused-ring (bicyclic) bond motifs is 1. The average Bonchev–Trinajstić information content (AvgIpc) is 2.51. The van der Waals surface area contributed by atoms with E-state index in [9.17, 15) is 9.90 Å². The summed E-state index contributed by atoms with van der Waals surface area (Å²) in [4.78, 5) is 11.1. The summed E-state index contributed by atoms with van der Waals surface area (Å²) in [5, 5.41) is 9.61. The normalized spacial score (nSPS) is 49.2. The largest absolute Gasteiger partial charge is 0.460 e. The summed E-state index contributed by atoms with van der Waals surface area (Å²) in [5.74, 6) is 0.669. The van der Waals surface area contributed by atoms with E-state index in [1.54, 1.807) is 0 Å². The second-order valence-electron chi connectivity index (χ2n) is 4.28. The fourth-order valence-electron chi connectivity index (χ4n) is 2.97. The van der Waals surface area contributed by atoms with Gasteiger partial charge < -0.3 is 9.84 Å². The number of aliphatic hydroxyl groups excluding tert-OH is 1. The zero-order valence-corrected chi connectivity index (χ0v) is 8.06. The number of hydrogen-bond donors (Lipinski definition) is 1. The third kappa shape index (κ3) is 1.17. The van der Waals surface area contributed by atoms with Crippen molar-refractivity contribution in [3.05, 3.63) is 0 Å². The van der Waals surface area contributed by atoms with Crippen molar-refractivity contribution in [3.8, 4) is 0 Å². The SMILES string of the molecule is CC[C@H]1[C@@H]2C(O)C(=O)O[C@@H]2C[C@@H]1C. The van der Waals surface area contributed by atoms with E-state index in [4.69, 9.17) is 4.74 Å². The molecule has 74 valence electrons. The molecule has 0 aromatic heterocycles. The van der Waals surface area contributed by atoms with Gasteiger partial charge in [0.05, 0.1) is 0 Å². The Kier molecular flexibility index (Phi) is 2.06. The summed E-state index contributed by atoms with van der Waals surface area (Å²) in [6.07, 6.45) is 1.07. The molecule has 0 radical (unpaired) electrons. The number of hydrogen-bond acceptors (Lipinski definition) is 3. The van der Waals surface area contributed by atoms with Crippen LogP contribution in [0.2, 0.25) is 0 Å². The molecule has 5 atom stereocenters. The standard InChI is InChI=1S/C10H16O3/c1-3-6-5(2)4-7-8(6)9(11)10(12)13-7/h5-9,11H,3-4H2,1-2H3/t5-,6+,7+,8-,9?/m0/s1. The van der Waals surface area contributed by atoms with Crippen LogP contribution in [-0.4, -0.2) is 23.3 Å². The average molecular weight is 184 g/mol. The van der Waals surface area contributed by atoms with Crippen molar-refractivity contribution in [3.63, 3.8) is 0 Å². The molecular weight excluding hydrogens is 168 g/mol. The van der Waals surface area contributed by atoms with Crippen LogP contribution < -0.4 is 0 Å². The molecule has 13 heavy (non-hydrogen) atoms. The molecule has 0 aromatic rings. The summed E-state index contributed by atoms with van der Waals surface area (Å²) in [7, 11) is 0. The number of aliphatic hydroxyl groups is 1. The topological polar surface area (TPSA) is 46.5 Å². The molecule has 0 aromatic carbocycles. The Labute approximate surface area is 78.1 Å². The summed E-state index contributed by atoms with van der Waals surface area (Å²) in [5.41, 5.74) is 0. The van der Waals surface area contributed by atoms with Gasteiger partial charge in [0.2, 0.25) is 0 Å². The monoisotopic (exact) mass is 184 g/mol. The van der Waals surface area contributed by atoms with Crippen LogP contribution >= 0.6 is 0 Å². The second kappa shape index (κ2) is 2.98. The molecule has 1 unspecified atom stereocenters. The van der Waals surface area contributed by atoms with Crippen LogP contribution in [0.4, 0.5) is 0 Å². The summed E-state index contributed by atoms with van der Waals surface area (Å²) in [6, 6.07) is 0. The van der Waals surface area contributed by atoms with E-state index >= 15 is 0 Å². The Morgan fingerprint density at radius 1 is 1.62 bits per heavy atom. The lowest BCUT2D eigenvalue weighted by molar-refractivity contribution is -0.148. The third-order valence-corrected chi connectivity index (χ3v) is 3.60. The predicted molar refractivity (Wildman–Crippen MR) is 46.9 cm³/mol. The van der Waals surface area contributed by atoms with Gasteiger partial charge in [-0.3, -0.25) is 0 Å². The zero-order valence-electron chi connectivity index (χ0n) is 8.06. The first-order valence-corrected chi connectivity index (χ1v) is 5.03. The summed E-state index contributed by atoms with van der Waals surface area (Å²) < 4.78 is 5.11. The lowest BCUT2D eigenvalue weighted by Crippen LogP contribution is -2.28. The number of ether oxygens (including phenoxy) is 1. The van der Waals surface area contributed by atoms with Gasteiger partial charge in [0.15, 0.2) is 6.10 Å². The first-order chi connectivity index (χ1) is 6.15. The minimum atomic E-state index is -0.861. The molecule has 1 aliphatic heterocycles. The molecule has 2 aliphatic rings. The lowest BCUT2D eigenvalue weighted by atomic mass is 9.85. The molecule has 0 spiro atoms. The van der Waals surface area contributed by atoms with Gasteiger partial charge in [-0.25, -0.2) is 4.79 Å². The Morgan fingerprint density at radius 3 is 2.92 bits per heavy atom. The Balaban J connectivity index is 2.19. The molecule has 0 bridgehead atoms. The number of rotatable bonds is 1. The van der Waals surface area contributed by atoms with Crippen LogP contribution in [0.5, 0.6) is 0 Å². The van der Waals surface area contributed by atoms with Crippen molar-refractivity contribution in [1.29, 1.82) is 0 Å². The maximum absolute atomic E-state index is 11.1. The number of esters is 1. The number of carbonyl (C=O) groups is 1. The van der Waals surface area contributed by atoms with Crippen molar-refractivity contribution in [2.45, 2.75) is 38.9 Å². The fraction of sp³-hybridized carbons (Fsp3) is 0.900. The Hall–Kier alpha value is -0.570. The van der Waals surface area contributed by atoms with Gasteiger partial charge in [0.25, 0.3) is 0 Å². The van der Waals surface area contributed by atoms with E-state index in [1.807, 2.05) is 0 Å². The van der Waals surface area contributed by atoms with Crippen LogP contribution in [-0.2, 0) is 9.53 Å². The minimum Gasteiger partial charge on any atom is -0.460 e. The van der Waals surface area contributed by atoms with Crippen molar-refractivity contribution < 1.29 is 14.6 Å². The zero-order chi connectivity index (χ0) is 9.59. The van der Waals surface area contributed by atoms with Crippen molar-refractivity contribution in [2.24, 2.45) is 17.8 Å². The molecular formula is C10H16O3. The smallest absolute Gasteiger partial charge is 0.335 e. The molecule has 0 amide bonds. The first-order valence-electron chi connectivity index (χ1n) is 5.03. The fourth-order valence-corrected chi connectivity index (χ4v) is 2.97. The van der Waals surface area contributed by atoms with Gasteiger partial charge in [0.1, 0.15) is 6.10 Å². The highest BCUT2D eigenvalue weighted by Crippen LogP contribution is 2.46. The summed E-state index contributed by atoms with van der Waals surface area (Å²) >= 11 is 0. The highest BCUT2D eigenvalue weighted by Gasteiger charge is 2.53. The molecule has 1 saturated carbocycles.